The maximum Gasteiger partial charge on any atom is 0.165 e. The van der Waals surface area contributed by atoms with Crippen molar-refractivity contribution < 1.29 is 19.0 Å². The lowest BCUT2D eigenvalue weighted by Crippen LogP contribution is -2.08. The maximum absolute atomic E-state index is 13.1. The minimum atomic E-state index is -1.35. The molecule has 0 aliphatic heterocycles. The van der Waals surface area contributed by atoms with Gasteiger partial charge in [-0.25, -0.2) is 8.78 Å². The highest BCUT2D eigenvalue weighted by Crippen LogP contribution is 2.49. The predicted octanol–water partition coefficient (Wildman–Crippen LogP) is 1.65. The molecule has 1 fully saturated rings. The zero-order valence-corrected chi connectivity index (χ0v) is 6.72. The van der Waals surface area contributed by atoms with E-state index in [1.165, 1.54) is 0 Å². The van der Waals surface area contributed by atoms with Gasteiger partial charge in [-0.2, -0.15) is 0 Å². The number of rotatable bonds is 1. The lowest BCUT2D eigenvalue weighted by molar-refractivity contribution is 0.141. The van der Waals surface area contributed by atoms with E-state index in [1.54, 1.807) is 0 Å². The molecule has 0 heterocycles. The first-order valence-electron chi connectivity index (χ1n) is 3.94. The number of aromatic hydroxyl groups is 1. The van der Waals surface area contributed by atoms with Gasteiger partial charge in [-0.3, -0.25) is 0 Å². The van der Waals surface area contributed by atoms with E-state index in [0.29, 0.717) is 12.8 Å². The zero-order chi connectivity index (χ0) is 9.64. The Bertz CT molecular complexity index is 359. The number of phenolic OH excluding ortho intramolecular Hbond substituents is 1. The molecule has 13 heavy (non-hydrogen) atoms. The van der Waals surface area contributed by atoms with E-state index in [9.17, 15) is 19.0 Å². The molecule has 4 heteroatoms. The summed E-state index contributed by atoms with van der Waals surface area (Å²) in [5.74, 6) is -2.45. The summed E-state index contributed by atoms with van der Waals surface area (Å²) >= 11 is 0. The van der Waals surface area contributed by atoms with Gasteiger partial charge in [-0.15, -0.1) is 0 Å². The van der Waals surface area contributed by atoms with Crippen molar-refractivity contribution in [1.29, 1.82) is 0 Å². The summed E-state index contributed by atoms with van der Waals surface area (Å²) < 4.78 is 25.9. The van der Waals surface area contributed by atoms with E-state index < -0.39 is 23.0 Å². The van der Waals surface area contributed by atoms with Gasteiger partial charge in [0, 0.05) is 0 Å². The Morgan fingerprint density at radius 3 is 2.23 bits per heavy atom. The van der Waals surface area contributed by atoms with Crippen LogP contribution in [0.1, 0.15) is 18.4 Å². The van der Waals surface area contributed by atoms with Crippen LogP contribution in [0.3, 0.4) is 0 Å². The van der Waals surface area contributed by atoms with Crippen LogP contribution in [0.15, 0.2) is 12.1 Å². The first kappa shape index (κ1) is 8.44. The minimum absolute atomic E-state index is 0.312. The minimum Gasteiger partial charge on any atom is -0.504 e. The molecule has 1 saturated carbocycles. The van der Waals surface area contributed by atoms with Gasteiger partial charge in [0.15, 0.2) is 11.6 Å². The SMILES string of the molecule is Oc1c(F)ccc(F)c1C1(O)CC1. The molecule has 0 saturated heterocycles. The number of hydrogen-bond acceptors (Lipinski definition) is 2. The van der Waals surface area contributed by atoms with Crippen LogP contribution in [0, 0.1) is 11.6 Å². The molecule has 1 aromatic rings. The largest absolute Gasteiger partial charge is 0.504 e. The van der Waals surface area contributed by atoms with Gasteiger partial charge in [0.05, 0.1) is 11.2 Å². The highest BCUT2D eigenvalue weighted by atomic mass is 19.1. The molecule has 70 valence electrons. The molecule has 0 atom stereocenters. The van der Waals surface area contributed by atoms with Gasteiger partial charge in [0.25, 0.3) is 0 Å². The topological polar surface area (TPSA) is 40.5 Å². The van der Waals surface area contributed by atoms with Crippen molar-refractivity contribution in [1.82, 2.24) is 0 Å². The average molecular weight is 186 g/mol. The molecule has 0 radical (unpaired) electrons. The number of hydrogen-bond donors (Lipinski definition) is 2. The highest BCUT2D eigenvalue weighted by molar-refractivity contribution is 5.41. The second-order valence-electron chi connectivity index (χ2n) is 3.28. The third kappa shape index (κ3) is 1.18. The quantitative estimate of drug-likeness (QED) is 0.700. The maximum atomic E-state index is 13.1. The Balaban J connectivity index is 2.61. The number of benzene rings is 1. The molecule has 0 aromatic heterocycles. The Kier molecular flexibility index (Phi) is 1.57. The van der Waals surface area contributed by atoms with Crippen molar-refractivity contribution in [2.24, 2.45) is 0 Å². The summed E-state index contributed by atoms with van der Waals surface area (Å²) in [6.07, 6.45) is 0.724. The fourth-order valence-corrected chi connectivity index (χ4v) is 1.35. The average Bonchev–Trinajstić information content (AvgIpc) is 2.78. The lowest BCUT2D eigenvalue weighted by atomic mass is 10.1. The Labute approximate surface area is 73.4 Å². The third-order valence-electron chi connectivity index (χ3n) is 2.27. The second kappa shape index (κ2) is 2.42. The van der Waals surface area contributed by atoms with Crippen LogP contribution in [0.4, 0.5) is 8.78 Å². The Hall–Kier alpha value is -1.16. The predicted molar refractivity (Wildman–Crippen MR) is 41.2 cm³/mol. The molecule has 0 amide bonds. The van der Waals surface area contributed by atoms with E-state index >= 15 is 0 Å². The summed E-state index contributed by atoms with van der Waals surface area (Å²) in [5.41, 5.74) is -1.66. The molecule has 2 rings (SSSR count). The molecule has 2 nitrogen and oxygen atoms in total. The first-order valence-corrected chi connectivity index (χ1v) is 3.94. The Morgan fingerprint density at radius 1 is 1.15 bits per heavy atom. The molecular weight excluding hydrogens is 178 g/mol. The Morgan fingerprint density at radius 2 is 1.69 bits per heavy atom. The summed E-state index contributed by atoms with van der Waals surface area (Å²) in [7, 11) is 0. The van der Waals surface area contributed by atoms with Crippen molar-refractivity contribution in [3.8, 4) is 5.75 Å². The van der Waals surface area contributed by atoms with Crippen molar-refractivity contribution in [2.75, 3.05) is 0 Å². The van der Waals surface area contributed by atoms with Gasteiger partial charge in [-0.1, -0.05) is 0 Å². The van der Waals surface area contributed by atoms with Crippen LogP contribution in [-0.4, -0.2) is 10.2 Å². The van der Waals surface area contributed by atoms with Crippen LogP contribution in [0.25, 0.3) is 0 Å². The molecule has 0 spiro atoms. The molecule has 1 aliphatic rings. The number of phenols is 1. The molecule has 1 aromatic carbocycles. The third-order valence-corrected chi connectivity index (χ3v) is 2.27. The van der Waals surface area contributed by atoms with Crippen molar-refractivity contribution in [3.05, 3.63) is 29.3 Å². The van der Waals surface area contributed by atoms with E-state index in [2.05, 4.69) is 0 Å². The number of halogens is 2. The first-order chi connectivity index (χ1) is 6.04. The van der Waals surface area contributed by atoms with Gasteiger partial charge < -0.3 is 10.2 Å². The van der Waals surface area contributed by atoms with Gasteiger partial charge >= 0.3 is 0 Å². The zero-order valence-electron chi connectivity index (χ0n) is 6.72. The summed E-state index contributed by atoms with van der Waals surface area (Å²) in [6, 6.07) is 1.74. The number of aliphatic hydroxyl groups is 1. The van der Waals surface area contributed by atoms with Crippen LogP contribution < -0.4 is 0 Å². The van der Waals surface area contributed by atoms with Crippen molar-refractivity contribution in [2.45, 2.75) is 18.4 Å². The smallest absolute Gasteiger partial charge is 0.165 e. The lowest BCUT2D eigenvalue weighted by Gasteiger charge is -2.11. The van der Waals surface area contributed by atoms with Crippen LogP contribution in [0.5, 0.6) is 5.75 Å². The van der Waals surface area contributed by atoms with Gasteiger partial charge in [-0.05, 0) is 25.0 Å². The van der Waals surface area contributed by atoms with E-state index in [1.807, 2.05) is 0 Å². The summed E-state index contributed by atoms with van der Waals surface area (Å²) in [6.45, 7) is 0. The fraction of sp³-hybridized carbons (Fsp3) is 0.333. The normalized spacial score (nSPS) is 18.7. The fourth-order valence-electron chi connectivity index (χ4n) is 1.35. The summed E-state index contributed by atoms with van der Waals surface area (Å²) in [4.78, 5) is 0. The van der Waals surface area contributed by atoms with Crippen LogP contribution in [-0.2, 0) is 5.60 Å². The molecule has 2 N–H and O–H groups in total. The molecular formula is C9H8F2O2. The molecule has 0 bridgehead atoms. The van der Waals surface area contributed by atoms with E-state index in [4.69, 9.17) is 0 Å². The summed E-state index contributed by atoms with van der Waals surface area (Å²) in [5, 5.41) is 18.7. The van der Waals surface area contributed by atoms with Crippen LogP contribution in [0.2, 0.25) is 0 Å². The van der Waals surface area contributed by atoms with Crippen molar-refractivity contribution in [3.63, 3.8) is 0 Å². The highest BCUT2D eigenvalue weighted by Gasteiger charge is 2.46. The van der Waals surface area contributed by atoms with E-state index in [-0.39, 0.29) is 5.56 Å². The van der Waals surface area contributed by atoms with Crippen molar-refractivity contribution >= 4 is 0 Å². The standard InChI is InChI=1S/C9H8F2O2/c10-5-1-2-6(11)8(12)7(5)9(13)3-4-9/h1-2,12-13H,3-4H2. The van der Waals surface area contributed by atoms with Gasteiger partial charge in [0.1, 0.15) is 5.82 Å². The van der Waals surface area contributed by atoms with Crippen LogP contribution >= 0.6 is 0 Å². The second-order valence-corrected chi connectivity index (χ2v) is 3.28. The van der Waals surface area contributed by atoms with Gasteiger partial charge in [0.2, 0.25) is 0 Å². The van der Waals surface area contributed by atoms with E-state index in [0.717, 1.165) is 12.1 Å². The molecule has 0 unspecified atom stereocenters. The monoisotopic (exact) mass is 186 g/mol. The molecule has 1 aliphatic carbocycles.